The lowest BCUT2D eigenvalue weighted by atomic mass is 10.0. The molecule has 1 heterocycles. The molecule has 4 nitrogen and oxygen atoms in total. The zero-order valence-corrected chi connectivity index (χ0v) is 12.2. The molecule has 2 rings (SSSR count). The van der Waals surface area contributed by atoms with Gasteiger partial charge in [0.15, 0.2) is 11.6 Å². The van der Waals surface area contributed by atoms with Crippen LogP contribution in [0.4, 0.5) is 13.6 Å². The van der Waals surface area contributed by atoms with Crippen LogP contribution in [-0.2, 0) is 4.74 Å². The molecule has 1 aromatic carbocycles. The molecule has 1 N–H and O–H groups in total. The average molecular weight is 298 g/mol. The van der Waals surface area contributed by atoms with E-state index in [9.17, 15) is 13.6 Å². The molecule has 1 saturated heterocycles. The summed E-state index contributed by atoms with van der Waals surface area (Å²) in [4.78, 5) is 13.7. The number of ether oxygens (including phenoxy) is 1. The lowest BCUT2D eigenvalue weighted by Crippen LogP contribution is -2.49. The Labute approximate surface area is 123 Å². The number of rotatable bonds is 3. The first-order chi connectivity index (χ1) is 9.97. The Morgan fingerprint density at radius 3 is 2.90 bits per heavy atom. The van der Waals surface area contributed by atoms with E-state index in [-0.39, 0.29) is 18.1 Å². The fourth-order valence-corrected chi connectivity index (χ4v) is 2.29. The Hall–Kier alpha value is -1.69. The van der Waals surface area contributed by atoms with Crippen LogP contribution in [0, 0.1) is 11.6 Å². The summed E-state index contributed by atoms with van der Waals surface area (Å²) >= 11 is 0. The van der Waals surface area contributed by atoms with E-state index >= 15 is 0 Å². The number of hydrogen-bond donors (Lipinski definition) is 1. The van der Waals surface area contributed by atoms with Crippen molar-refractivity contribution < 1.29 is 18.3 Å². The molecule has 0 radical (unpaired) electrons. The molecule has 0 spiro atoms. The second-order valence-corrected chi connectivity index (χ2v) is 5.39. The van der Waals surface area contributed by atoms with Gasteiger partial charge in [-0.15, -0.1) is 0 Å². The van der Waals surface area contributed by atoms with E-state index in [2.05, 4.69) is 5.32 Å². The molecule has 1 fully saturated rings. The predicted octanol–water partition coefficient (Wildman–Crippen LogP) is 2.50. The molecule has 2 amide bonds. The second-order valence-electron chi connectivity index (χ2n) is 5.39. The number of halogens is 2. The minimum atomic E-state index is -0.868. The number of nitrogens with one attached hydrogen (secondary N) is 1. The Kier molecular flexibility index (Phi) is 5.12. The Morgan fingerprint density at radius 1 is 1.48 bits per heavy atom. The van der Waals surface area contributed by atoms with Crippen LogP contribution in [0.1, 0.15) is 25.3 Å². The van der Waals surface area contributed by atoms with Crippen molar-refractivity contribution in [3.8, 4) is 0 Å². The van der Waals surface area contributed by atoms with Gasteiger partial charge in [-0.1, -0.05) is 13.0 Å². The molecular weight excluding hydrogens is 278 g/mol. The summed E-state index contributed by atoms with van der Waals surface area (Å²) in [6.45, 7) is 5.81. The first-order valence-electron chi connectivity index (χ1n) is 7.06. The highest BCUT2D eigenvalue weighted by atomic mass is 19.2. The van der Waals surface area contributed by atoms with Gasteiger partial charge >= 0.3 is 6.03 Å². The normalized spacial score (nSPS) is 20.2. The maximum atomic E-state index is 13.2. The van der Waals surface area contributed by atoms with Crippen LogP contribution in [0.15, 0.2) is 18.2 Å². The van der Waals surface area contributed by atoms with Crippen LogP contribution in [0.25, 0.3) is 0 Å². The van der Waals surface area contributed by atoms with E-state index < -0.39 is 11.6 Å². The van der Waals surface area contributed by atoms with E-state index in [1.165, 1.54) is 12.1 Å². The highest BCUT2D eigenvalue weighted by molar-refractivity contribution is 5.74. The van der Waals surface area contributed by atoms with Gasteiger partial charge in [0, 0.05) is 19.6 Å². The Balaban J connectivity index is 1.86. The van der Waals surface area contributed by atoms with E-state index in [1.54, 1.807) is 4.90 Å². The van der Waals surface area contributed by atoms with E-state index in [0.29, 0.717) is 31.8 Å². The number of nitrogens with zero attached hydrogens (tertiary/aromatic N) is 1. The molecule has 0 saturated carbocycles. The smallest absolute Gasteiger partial charge is 0.317 e. The summed E-state index contributed by atoms with van der Waals surface area (Å²) in [6.07, 6.45) is 0.0353. The third-order valence-corrected chi connectivity index (χ3v) is 3.60. The number of carbonyl (C=O) groups excluding carboxylic acids is 1. The summed E-state index contributed by atoms with van der Waals surface area (Å²) in [5, 5.41) is 2.82. The largest absolute Gasteiger partial charge is 0.375 e. The van der Waals surface area contributed by atoms with Crippen molar-refractivity contribution in [3.63, 3.8) is 0 Å². The maximum absolute atomic E-state index is 13.2. The van der Waals surface area contributed by atoms with Gasteiger partial charge in [-0.3, -0.25) is 0 Å². The molecule has 0 aliphatic carbocycles. The summed E-state index contributed by atoms with van der Waals surface area (Å²) in [7, 11) is 0. The lowest BCUT2D eigenvalue weighted by Gasteiger charge is -2.31. The van der Waals surface area contributed by atoms with Crippen LogP contribution in [0.2, 0.25) is 0 Å². The van der Waals surface area contributed by atoms with Crippen molar-refractivity contribution in [2.45, 2.75) is 25.9 Å². The third kappa shape index (κ3) is 4.14. The molecule has 0 bridgehead atoms. The minimum absolute atomic E-state index is 0.0353. The van der Waals surface area contributed by atoms with Gasteiger partial charge in [0.05, 0.1) is 12.7 Å². The molecule has 21 heavy (non-hydrogen) atoms. The average Bonchev–Trinajstić information content (AvgIpc) is 2.47. The number of amides is 2. The molecule has 0 aromatic heterocycles. The zero-order valence-electron chi connectivity index (χ0n) is 12.2. The topological polar surface area (TPSA) is 41.6 Å². The van der Waals surface area contributed by atoms with Crippen LogP contribution in [0.5, 0.6) is 0 Å². The van der Waals surface area contributed by atoms with Crippen LogP contribution in [-0.4, -0.2) is 43.3 Å². The van der Waals surface area contributed by atoms with Crippen LogP contribution in [0.3, 0.4) is 0 Å². The van der Waals surface area contributed by atoms with Crippen molar-refractivity contribution >= 4 is 6.03 Å². The molecule has 6 heteroatoms. The zero-order chi connectivity index (χ0) is 15.4. The minimum Gasteiger partial charge on any atom is -0.375 e. The summed E-state index contributed by atoms with van der Waals surface area (Å²) in [6, 6.07) is 3.65. The van der Waals surface area contributed by atoms with Crippen molar-refractivity contribution in [1.82, 2.24) is 10.2 Å². The van der Waals surface area contributed by atoms with Crippen molar-refractivity contribution in [1.29, 1.82) is 0 Å². The second kappa shape index (κ2) is 6.85. The van der Waals surface area contributed by atoms with E-state index in [0.717, 1.165) is 6.07 Å². The first kappa shape index (κ1) is 15.7. The van der Waals surface area contributed by atoms with Gasteiger partial charge < -0.3 is 15.0 Å². The van der Waals surface area contributed by atoms with Gasteiger partial charge in [0.1, 0.15) is 0 Å². The third-order valence-electron chi connectivity index (χ3n) is 3.60. The van der Waals surface area contributed by atoms with Gasteiger partial charge in [0.2, 0.25) is 0 Å². The number of morpholine rings is 1. The summed E-state index contributed by atoms with van der Waals surface area (Å²) in [5.74, 6) is -1.83. The molecule has 1 aliphatic rings. The first-order valence-corrected chi connectivity index (χ1v) is 7.06. The van der Waals surface area contributed by atoms with Crippen molar-refractivity contribution in [2.75, 3.05) is 26.2 Å². The van der Waals surface area contributed by atoms with Gasteiger partial charge in [0.25, 0.3) is 0 Å². The Bertz CT molecular complexity index is 510. The molecular formula is C15H20F2N2O2. The van der Waals surface area contributed by atoms with Crippen molar-refractivity contribution in [3.05, 3.63) is 35.4 Å². The quantitative estimate of drug-likeness (QED) is 0.931. The summed E-state index contributed by atoms with van der Waals surface area (Å²) < 4.78 is 31.5. The number of urea groups is 1. The predicted molar refractivity (Wildman–Crippen MR) is 75.2 cm³/mol. The number of hydrogen-bond acceptors (Lipinski definition) is 2. The van der Waals surface area contributed by atoms with E-state index in [4.69, 9.17) is 4.74 Å². The SMILES string of the molecule is CC1CN(C(=O)NCC(C)c2ccc(F)c(F)c2)CCO1. The highest BCUT2D eigenvalue weighted by Crippen LogP contribution is 2.17. The maximum Gasteiger partial charge on any atom is 0.317 e. The van der Waals surface area contributed by atoms with Crippen LogP contribution < -0.4 is 5.32 Å². The highest BCUT2D eigenvalue weighted by Gasteiger charge is 2.21. The Morgan fingerprint density at radius 2 is 2.24 bits per heavy atom. The van der Waals surface area contributed by atoms with Gasteiger partial charge in [-0.2, -0.15) is 0 Å². The van der Waals surface area contributed by atoms with Crippen LogP contribution >= 0.6 is 0 Å². The fraction of sp³-hybridized carbons (Fsp3) is 0.533. The molecule has 2 atom stereocenters. The molecule has 2 unspecified atom stereocenters. The number of benzene rings is 1. The van der Waals surface area contributed by atoms with Gasteiger partial charge in [-0.25, -0.2) is 13.6 Å². The molecule has 1 aromatic rings. The standard InChI is InChI=1S/C15H20F2N2O2/c1-10(12-3-4-13(16)14(17)7-12)8-18-15(20)19-5-6-21-11(2)9-19/h3-4,7,10-11H,5-6,8-9H2,1-2H3,(H,18,20). The van der Waals surface area contributed by atoms with Crippen molar-refractivity contribution in [2.24, 2.45) is 0 Å². The molecule has 116 valence electrons. The fourth-order valence-electron chi connectivity index (χ4n) is 2.29. The molecule has 1 aliphatic heterocycles. The number of carbonyl (C=O) groups is 1. The summed E-state index contributed by atoms with van der Waals surface area (Å²) in [5.41, 5.74) is 0.657. The monoisotopic (exact) mass is 298 g/mol. The lowest BCUT2D eigenvalue weighted by molar-refractivity contribution is -0.00347. The van der Waals surface area contributed by atoms with E-state index in [1.807, 2.05) is 13.8 Å². The van der Waals surface area contributed by atoms with Gasteiger partial charge in [-0.05, 0) is 30.5 Å².